The normalized spacial score (nSPS) is 11.4. The minimum absolute atomic E-state index is 0.291. The molecule has 0 atom stereocenters. The number of nitrogens with zero attached hydrogens (tertiary/aromatic N) is 2. The lowest BCUT2D eigenvalue weighted by Crippen LogP contribution is -2.40. The highest BCUT2D eigenvalue weighted by atomic mass is 19.1. The summed E-state index contributed by atoms with van der Waals surface area (Å²) in [6.07, 6.45) is 1.68. The summed E-state index contributed by atoms with van der Waals surface area (Å²) in [5.74, 6) is 1.65. The van der Waals surface area contributed by atoms with Gasteiger partial charge in [-0.05, 0) is 44.2 Å². The van der Waals surface area contributed by atoms with E-state index in [2.05, 4.69) is 20.6 Å². The molecule has 0 bridgehead atoms. The molecular formula is C17H21FN4O. The van der Waals surface area contributed by atoms with Gasteiger partial charge < -0.3 is 15.4 Å². The van der Waals surface area contributed by atoms with Gasteiger partial charge in [-0.2, -0.15) is 0 Å². The van der Waals surface area contributed by atoms with Crippen LogP contribution < -0.4 is 15.4 Å². The Hall–Kier alpha value is -2.63. The predicted molar refractivity (Wildman–Crippen MR) is 89.2 cm³/mol. The fraction of sp³-hybridized carbons (Fsp3) is 0.294. The van der Waals surface area contributed by atoms with E-state index in [-0.39, 0.29) is 5.82 Å². The highest BCUT2D eigenvalue weighted by Gasteiger charge is 2.03. The summed E-state index contributed by atoms with van der Waals surface area (Å²) in [4.78, 5) is 8.44. The van der Waals surface area contributed by atoms with Crippen molar-refractivity contribution >= 4 is 5.96 Å². The van der Waals surface area contributed by atoms with E-state index < -0.39 is 0 Å². The van der Waals surface area contributed by atoms with Gasteiger partial charge in [0, 0.05) is 25.4 Å². The van der Waals surface area contributed by atoms with Gasteiger partial charge in [0.15, 0.2) is 5.96 Å². The van der Waals surface area contributed by atoms with Crippen molar-refractivity contribution in [2.45, 2.75) is 26.4 Å². The number of ether oxygens (including phenoxy) is 1. The lowest BCUT2D eigenvalue weighted by Gasteiger charge is -2.14. The van der Waals surface area contributed by atoms with Crippen LogP contribution in [-0.4, -0.2) is 24.0 Å². The number of aromatic nitrogens is 1. The molecule has 0 unspecified atom stereocenters. The number of benzene rings is 1. The molecule has 0 radical (unpaired) electrons. The quantitative estimate of drug-likeness (QED) is 0.657. The number of aliphatic imine (C=N–C) groups is 1. The molecule has 0 fully saturated rings. The summed E-state index contributed by atoms with van der Waals surface area (Å²) in [5, 5.41) is 6.39. The first-order chi connectivity index (χ1) is 11.1. The summed E-state index contributed by atoms with van der Waals surface area (Å²) in [7, 11) is 1.72. The largest absolute Gasteiger partial charge is 0.457 e. The number of nitrogens with one attached hydrogen (secondary N) is 2. The van der Waals surface area contributed by atoms with Crippen LogP contribution in [0.2, 0.25) is 0 Å². The molecule has 0 amide bonds. The highest BCUT2D eigenvalue weighted by Crippen LogP contribution is 2.21. The Labute approximate surface area is 135 Å². The van der Waals surface area contributed by atoms with Crippen LogP contribution in [0.1, 0.15) is 19.5 Å². The monoisotopic (exact) mass is 316 g/mol. The van der Waals surface area contributed by atoms with Crippen molar-refractivity contribution in [3.63, 3.8) is 0 Å². The smallest absolute Gasteiger partial charge is 0.191 e. The molecule has 2 N–H and O–H groups in total. The minimum Gasteiger partial charge on any atom is -0.457 e. The van der Waals surface area contributed by atoms with Crippen molar-refractivity contribution < 1.29 is 9.13 Å². The number of rotatable bonds is 5. The lowest BCUT2D eigenvalue weighted by atomic mass is 10.3. The second-order valence-electron chi connectivity index (χ2n) is 5.26. The van der Waals surface area contributed by atoms with Gasteiger partial charge in [0.2, 0.25) is 0 Å². The van der Waals surface area contributed by atoms with Crippen molar-refractivity contribution in [2.75, 3.05) is 7.05 Å². The number of guanidine groups is 1. The van der Waals surface area contributed by atoms with E-state index in [0.717, 1.165) is 5.69 Å². The van der Waals surface area contributed by atoms with E-state index in [1.54, 1.807) is 31.4 Å². The van der Waals surface area contributed by atoms with E-state index in [1.165, 1.54) is 12.1 Å². The lowest BCUT2D eigenvalue weighted by molar-refractivity contribution is 0.478. The molecule has 0 aliphatic heterocycles. The van der Waals surface area contributed by atoms with Crippen molar-refractivity contribution in [2.24, 2.45) is 4.99 Å². The molecule has 1 heterocycles. The number of halogens is 1. The summed E-state index contributed by atoms with van der Waals surface area (Å²) < 4.78 is 18.6. The SMILES string of the molecule is CN=C(NCc1cc(Oc2ccc(F)cc2)ccn1)NC(C)C. The van der Waals surface area contributed by atoms with Crippen LogP contribution in [0.4, 0.5) is 4.39 Å². The molecule has 0 spiro atoms. The van der Waals surface area contributed by atoms with Gasteiger partial charge in [-0.1, -0.05) is 0 Å². The Balaban J connectivity index is 1.98. The van der Waals surface area contributed by atoms with Crippen molar-refractivity contribution in [1.29, 1.82) is 0 Å². The van der Waals surface area contributed by atoms with Crippen molar-refractivity contribution in [1.82, 2.24) is 15.6 Å². The van der Waals surface area contributed by atoms with E-state index >= 15 is 0 Å². The molecule has 122 valence electrons. The summed E-state index contributed by atoms with van der Waals surface area (Å²) >= 11 is 0. The van der Waals surface area contributed by atoms with E-state index in [9.17, 15) is 4.39 Å². The molecular weight excluding hydrogens is 295 g/mol. The van der Waals surface area contributed by atoms with Gasteiger partial charge in [0.25, 0.3) is 0 Å². The van der Waals surface area contributed by atoms with Gasteiger partial charge in [-0.15, -0.1) is 0 Å². The Bertz CT molecular complexity index is 656. The molecule has 1 aromatic carbocycles. The third-order valence-electron chi connectivity index (χ3n) is 2.92. The topological polar surface area (TPSA) is 58.5 Å². The molecule has 0 saturated heterocycles. The summed E-state index contributed by atoms with van der Waals surface area (Å²) in [6, 6.07) is 9.78. The predicted octanol–water partition coefficient (Wildman–Crippen LogP) is 3.09. The van der Waals surface area contributed by atoms with E-state index in [1.807, 2.05) is 19.9 Å². The molecule has 1 aromatic heterocycles. The summed E-state index contributed by atoms with van der Waals surface area (Å²) in [6.45, 7) is 4.61. The third-order valence-corrected chi connectivity index (χ3v) is 2.92. The van der Waals surface area contributed by atoms with Gasteiger partial charge in [0.1, 0.15) is 17.3 Å². The van der Waals surface area contributed by atoms with Crippen LogP contribution in [0.3, 0.4) is 0 Å². The molecule has 6 heteroatoms. The van der Waals surface area contributed by atoms with Gasteiger partial charge >= 0.3 is 0 Å². The number of hydrogen-bond donors (Lipinski definition) is 2. The van der Waals surface area contributed by atoms with Gasteiger partial charge in [-0.3, -0.25) is 9.98 Å². The van der Waals surface area contributed by atoms with Crippen molar-refractivity contribution in [3.05, 3.63) is 54.1 Å². The average Bonchev–Trinajstić information content (AvgIpc) is 2.54. The van der Waals surface area contributed by atoms with Crippen LogP contribution in [0.15, 0.2) is 47.6 Å². The summed E-state index contributed by atoms with van der Waals surface area (Å²) in [5.41, 5.74) is 0.816. The highest BCUT2D eigenvalue weighted by molar-refractivity contribution is 5.79. The molecule has 2 aromatic rings. The Morgan fingerprint density at radius 1 is 1.22 bits per heavy atom. The second-order valence-corrected chi connectivity index (χ2v) is 5.26. The molecule has 0 aliphatic carbocycles. The zero-order chi connectivity index (χ0) is 16.7. The maximum atomic E-state index is 12.9. The zero-order valence-corrected chi connectivity index (χ0v) is 13.5. The van der Waals surface area contributed by atoms with Gasteiger partial charge in [-0.25, -0.2) is 4.39 Å². The average molecular weight is 316 g/mol. The first kappa shape index (κ1) is 16.7. The zero-order valence-electron chi connectivity index (χ0n) is 13.5. The Morgan fingerprint density at radius 3 is 2.61 bits per heavy atom. The molecule has 23 heavy (non-hydrogen) atoms. The second kappa shape index (κ2) is 8.12. The Morgan fingerprint density at radius 2 is 1.96 bits per heavy atom. The van der Waals surface area contributed by atoms with Crippen LogP contribution in [0.25, 0.3) is 0 Å². The van der Waals surface area contributed by atoms with Crippen LogP contribution in [0, 0.1) is 5.82 Å². The maximum Gasteiger partial charge on any atom is 0.191 e. The van der Waals surface area contributed by atoms with Crippen molar-refractivity contribution in [3.8, 4) is 11.5 Å². The Kier molecular flexibility index (Phi) is 5.91. The first-order valence-corrected chi connectivity index (χ1v) is 7.42. The van der Waals surface area contributed by atoms with E-state index in [4.69, 9.17) is 4.74 Å². The molecule has 2 rings (SSSR count). The van der Waals surface area contributed by atoms with Crippen LogP contribution in [0.5, 0.6) is 11.5 Å². The molecule has 5 nitrogen and oxygen atoms in total. The first-order valence-electron chi connectivity index (χ1n) is 7.42. The van der Waals surface area contributed by atoms with Gasteiger partial charge in [0.05, 0.1) is 12.2 Å². The number of hydrogen-bond acceptors (Lipinski definition) is 3. The van der Waals surface area contributed by atoms with Crippen LogP contribution >= 0.6 is 0 Å². The molecule has 0 saturated carbocycles. The fourth-order valence-corrected chi connectivity index (χ4v) is 1.90. The van der Waals surface area contributed by atoms with Crippen LogP contribution in [-0.2, 0) is 6.54 Å². The maximum absolute atomic E-state index is 12.9. The molecule has 0 aliphatic rings. The van der Waals surface area contributed by atoms with E-state index in [0.29, 0.717) is 30.0 Å². The number of pyridine rings is 1. The third kappa shape index (κ3) is 5.58. The minimum atomic E-state index is -0.291. The fourth-order valence-electron chi connectivity index (χ4n) is 1.90. The standard InChI is InChI=1S/C17H21FN4O/c1-12(2)22-17(19-3)21-11-14-10-16(8-9-20-14)23-15-6-4-13(18)5-7-15/h4-10,12H,11H2,1-3H3,(H2,19,21,22).